The Balaban J connectivity index is 2.90. The van der Waals surface area contributed by atoms with Crippen molar-refractivity contribution in [2.75, 3.05) is 18.8 Å². The summed E-state index contributed by atoms with van der Waals surface area (Å²) < 4.78 is 0. The highest BCUT2D eigenvalue weighted by Crippen LogP contribution is 2.38. The number of carbonyl (C=O) groups is 1. The van der Waals surface area contributed by atoms with Gasteiger partial charge in [0.15, 0.2) is 5.12 Å². The van der Waals surface area contributed by atoms with E-state index in [2.05, 4.69) is 0 Å². The van der Waals surface area contributed by atoms with Gasteiger partial charge in [-0.25, -0.2) is 0 Å². The summed E-state index contributed by atoms with van der Waals surface area (Å²) in [5.41, 5.74) is 0.488. The molecule has 0 bridgehead atoms. The van der Waals surface area contributed by atoms with Gasteiger partial charge in [-0.15, -0.1) is 0 Å². The predicted molar refractivity (Wildman–Crippen MR) is 63.8 cm³/mol. The molecule has 0 radical (unpaired) electrons. The maximum atomic E-state index is 11.7. The molecule has 84 valence electrons. The van der Waals surface area contributed by atoms with Gasteiger partial charge in [0.05, 0.1) is 0 Å². The Labute approximate surface area is 91.1 Å². The van der Waals surface area contributed by atoms with E-state index in [0.29, 0.717) is 5.56 Å². The summed E-state index contributed by atoms with van der Waals surface area (Å²) >= 11 is 0. The number of hydrogen-bond acceptors (Lipinski definition) is 3. The average Bonchev–Trinajstić information content (AvgIpc) is 2.09. The van der Waals surface area contributed by atoms with Crippen LogP contribution in [0.1, 0.15) is 5.56 Å². The number of carbonyl (C=O) groups excluding carboxylic acids is 1. The maximum Gasteiger partial charge on any atom is 0.175 e. The second-order valence-electron chi connectivity index (χ2n) is 4.20. The molecule has 0 spiro atoms. The average molecular weight is 228 g/mol. The van der Waals surface area contributed by atoms with Gasteiger partial charge < -0.3 is 10.2 Å². The minimum Gasteiger partial charge on any atom is -0.508 e. The van der Waals surface area contributed by atoms with Crippen LogP contribution in [0.3, 0.4) is 0 Å². The van der Waals surface area contributed by atoms with Gasteiger partial charge in [-0.2, -0.15) is 10.0 Å². The number of rotatable bonds is 2. The van der Waals surface area contributed by atoms with Crippen molar-refractivity contribution in [3.05, 3.63) is 23.8 Å². The maximum absolute atomic E-state index is 11.7. The minimum absolute atomic E-state index is 0.0600. The lowest BCUT2D eigenvalue weighted by molar-refractivity contribution is -0.110. The van der Waals surface area contributed by atoms with E-state index >= 15 is 0 Å². The van der Waals surface area contributed by atoms with Gasteiger partial charge >= 0.3 is 0 Å². The van der Waals surface area contributed by atoms with E-state index in [0.717, 1.165) is 0 Å². The molecule has 0 aliphatic rings. The van der Waals surface area contributed by atoms with E-state index in [1.54, 1.807) is 0 Å². The monoisotopic (exact) mass is 228 g/mol. The van der Waals surface area contributed by atoms with Gasteiger partial charge in [0.2, 0.25) is 0 Å². The van der Waals surface area contributed by atoms with Crippen LogP contribution in [0, 0.1) is 0 Å². The third-order valence-electron chi connectivity index (χ3n) is 2.08. The molecule has 0 aliphatic carbocycles. The van der Waals surface area contributed by atoms with Crippen LogP contribution in [0.4, 0.5) is 0 Å². The summed E-state index contributed by atoms with van der Waals surface area (Å²) in [6.45, 7) is 0. The lowest BCUT2D eigenvalue weighted by Gasteiger charge is -2.23. The van der Waals surface area contributed by atoms with E-state index in [1.807, 2.05) is 18.8 Å². The van der Waals surface area contributed by atoms with Gasteiger partial charge in [-0.05, 0) is 37.0 Å². The molecular weight excluding hydrogens is 212 g/mol. The second kappa shape index (κ2) is 4.14. The molecule has 0 amide bonds. The van der Waals surface area contributed by atoms with Crippen molar-refractivity contribution in [2.24, 2.45) is 0 Å². The molecule has 1 aromatic rings. The standard InChI is InChI=1S/C11H16O3S/c1-15(2,3)11(14)7-8-6-9(12)4-5-10(8)13/h4-6,12-13H,7H2,1-3H3. The van der Waals surface area contributed by atoms with Crippen molar-refractivity contribution in [2.45, 2.75) is 6.42 Å². The Morgan fingerprint density at radius 3 is 2.40 bits per heavy atom. The summed E-state index contributed by atoms with van der Waals surface area (Å²) in [5.74, 6) is 0.129. The van der Waals surface area contributed by atoms with Gasteiger partial charge in [0, 0.05) is 12.0 Å². The van der Waals surface area contributed by atoms with Crippen molar-refractivity contribution in [3.63, 3.8) is 0 Å². The topological polar surface area (TPSA) is 57.5 Å². The molecule has 0 aromatic heterocycles. The van der Waals surface area contributed by atoms with E-state index in [4.69, 9.17) is 0 Å². The van der Waals surface area contributed by atoms with Crippen LogP contribution in [0.5, 0.6) is 11.5 Å². The first-order valence-corrected chi connectivity index (χ1v) is 7.38. The molecule has 4 heteroatoms. The predicted octanol–water partition coefficient (Wildman–Crippen LogP) is 1.86. The van der Waals surface area contributed by atoms with Crippen molar-refractivity contribution in [1.82, 2.24) is 0 Å². The molecular formula is C11H16O3S. The number of benzene rings is 1. The highest BCUT2D eigenvalue weighted by Gasteiger charge is 2.17. The minimum atomic E-state index is -1.26. The Bertz CT molecular complexity index is 380. The Morgan fingerprint density at radius 1 is 1.27 bits per heavy atom. The summed E-state index contributed by atoms with van der Waals surface area (Å²) in [4.78, 5) is 11.7. The largest absolute Gasteiger partial charge is 0.508 e. The fourth-order valence-corrected chi connectivity index (χ4v) is 1.67. The summed E-state index contributed by atoms with van der Waals surface area (Å²) in [5, 5.41) is 18.8. The van der Waals surface area contributed by atoms with E-state index < -0.39 is 10.0 Å². The highest BCUT2D eigenvalue weighted by molar-refractivity contribution is 8.43. The molecule has 15 heavy (non-hydrogen) atoms. The number of phenols is 2. The lowest BCUT2D eigenvalue weighted by atomic mass is 10.1. The van der Waals surface area contributed by atoms with Gasteiger partial charge in [0.25, 0.3) is 0 Å². The highest BCUT2D eigenvalue weighted by atomic mass is 32.3. The second-order valence-corrected chi connectivity index (χ2v) is 8.33. The fourth-order valence-electron chi connectivity index (χ4n) is 1.09. The van der Waals surface area contributed by atoms with E-state index in [1.165, 1.54) is 18.2 Å². The first kappa shape index (κ1) is 11.9. The quantitative estimate of drug-likeness (QED) is 0.760. The molecule has 0 saturated carbocycles. The first-order valence-electron chi connectivity index (χ1n) is 4.53. The van der Waals surface area contributed by atoms with Crippen molar-refractivity contribution >= 4 is 15.1 Å². The van der Waals surface area contributed by atoms with Gasteiger partial charge in [-0.3, -0.25) is 4.79 Å². The third kappa shape index (κ3) is 3.16. The molecule has 1 rings (SSSR count). The normalized spacial score (nSPS) is 12.5. The number of phenolic OH excluding ortho intramolecular Hbond substituents is 2. The van der Waals surface area contributed by atoms with Gasteiger partial charge in [-0.1, -0.05) is 0 Å². The van der Waals surface area contributed by atoms with Crippen LogP contribution >= 0.6 is 10.0 Å². The van der Waals surface area contributed by atoms with Crippen LogP contribution in [-0.2, 0) is 11.2 Å². The summed E-state index contributed by atoms with van der Waals surface area (Å²) in [6, 6.07) is 4.22. The number of aromatic hydroxyl groups is 2. The third-order valence-corrected chi connectivity index (χ3v) is 3.59. The fraction of sp³-hybridized carbons (Fsp3) is 0.364. The van der Waals surface area contributed by atoms with Gasteiger partial charge in [0.1, 0.15) is 11.5 Å². The van der Waals surface area contributed by atoms with E-state index in [-0.39, 0.29) is 23.0 Å². The zero-order valence-corrected chi connectivity index (χ0v) is 9.97. The van der Waals surface area contributed by atoms with Crippen molar-refractivity contribution < 1.29 is 15.0 Å². The molecule has 3 nitrogen and oxygen atoms in total. The smallest absolute Gasteiger partial charge is 0.175 e. The van der Waals surface area contributed by atoms with Crippen molar-refractivity contribution in [3.8, 4) is 11.5 Å². The van der Waals surface area contributed by atoms with Crippen LogP contribution in [0.2, 0.25) is 0 Å². The molecule has 0 aliphatic heterocycles. The summed E-state index contributed by atoms with van der Waals surface area (Å²) in [6.07, 6.45) is 5.92. The first-order chi connectivity index (χ1) is 6.80. The number of hydrogen-bond donors (Lipinski definition) is 2. The lowest BCUT2D eigenvalue weighted by Crippen LogP contribution is -2.11. The van der Waals surface area contributed by atoms with Crippen molar-refractivity contribution in [1.29, 1.82) is 0 Å². The molecule has 0 heterocycles. The van der Waals surface area contributed by atoms with E-state index in [9.17, 15) is 15.0 Å². The molecule has 0 saturated heterocycles. The van der Waals surface area contributed by atoms with Crippen LogP contribution in [0.25, 0.3) is 0 Å². The van der Waals surface area contributed by atoms with Crippen LogP contribution in [0.15, 0.2) is 18.2 Å². The molecule has 0 unspecified atom stereocenters. The zero-order chi connectivity index (χ0) is 11.6. The Morgan fingerprint density at radius 2 is 1.87 bits per heavy atom. The molecule has 2 N–H and O–H groups in total. The molecule has 0 atom stereocenters. The molecule has 0 fully saturated rings. The summed E-state index contributed by atoms with van der Waals surface area (Å²) in [7, 11) is -1.26. The van der Waals surface area contributed by atoms with Crippen LogP contribution in [-0.4, -0.2) is 34.1 Å². The Kier molecular flexibility index (Phi) is 3.29. The zero-order valence-electron chi connectivity index (χ0n) is 9.15. The molecule has 1 aromatic carbocycles. The van der Waals surface area contributed by atoms with Crippen LogP contribution < -0.4 is 0 Å². The SMILES string of the molecule is CS(C)(C)C(=O)Cc1cc(O)ccc1O. The Hall–Kier alpha value is -1.16.